The quantitative estimate of drug-likeness (QED) is 0.622. The van der Waals surface area contributed by atoms with Gasteiger partial charge in [-0.1, -0.05) is 0 Å². The van der Waals surface area contributed by atoms with Gasteiger partial charge in [-0.3, -0.25) is 9.59 Å². The van der Waals surface area contributed by atoms with Crippen molar-refractivity contribution in [2.45, 2.75) is 24.2 Å². The molecule has 0 bridgehead atoms. The Kier molecular flexibility index (Phi) is 6.10. The summed E-state index contributed by atoms with van der Waals surface area (Å²) in [6, 6.07) is 6.01. The molecule has 2 amide bonds. The van der Waals surface area contributed by atoms with Crippen LogP contribution in [0, 0.1) is 5.92 Å². The van der Waals surface area contributed by atoms with E-state index in [4.69, 9.17) is 0 Å². The highest BCUT2D eigenvalue weighted by molar-refractivity contribution is 7.91. The molecule has 31 heavy (non-hydrogen) atoms. The number of benzene rings is 1. The predicted octanol–water partition coefficient (Wildman–Crippen LogP) is 0.190. The van der Waals surface area contributed by atoms with Crippen LogP contribution in [-0.4, -0.2) is 93.5 Å². The van der Waals surface area contributed by atoms with E-state index >= 15 is 0 Å². The maximum Gasteiger partial charge on any atom is 0.253 e. The van der Waals surface area contributed by atoms with E-state index in [-0.39, 0.29) is 28.2 Å². The molecule has 3 saturated heterocycles. The van der Waals surface area contributed by atoms with Gasteiger partial charge in [0, 0.05) is 44.8 Å². The molecule has 0 radical (unpaired) electrons. The third-order valence-corrected chi connectivity index (χ3v) is 9.95. The van der Waals surface area contributed by atoms with Crippen molar-refractivity contribution >= 4 is 31.7 Å². The summed E-state index contributed by atoms with van der Waals surface area (Å²) in [5.74, 6) is -0.856. The van der Waals surface area contributed by atoms with Gasteiger partial charge >= 0.3 is 0 Å². The lowest BCUT2D eigenvalue weighted by atomic mass is 10.1. The van der Waals surface area contributed by atoms with E-state index in [2.05, 4.69) is 0 Å². The van der Waals surface area contributed by atoms with E-state index in [1.165, 1.54) is 28.6 Å². The first-order valence-electron chi connectivity index (χ1n) is 10.6. The van der Waals surface area contributed by atoms with Crippen molar-refractivity contribution in [3.05, 3.63) is 29.8 Å². The summed E-state index contributed by atoms with van der Waals surface area (Å²) in [5.41, 5.74) is 0.405. The Labute approximate surface area is 183 Å². The number of nitrogens with zero attached hydrogens (tertiary/aromatic N) is 3. The SMILES string of the molecule is O=C(c1ccc(S(=O)(=O)N2CCCC2)cc1)N1CCN(C(=O)C2CCS(=O)(=O)C2)CC1. The molecule has 0 saturated carbocycles. The molecule has 3 aliphatic heterocycles. The van der Waals surface area contributed by atoms with Crippen LogP contribution >= 0.6 is 0 Å². The zero-order chi connectivity index (χ0) is 22.2. The largest absolute Gasteiger partial charge is 0.339 e. The molecule has 1 unspecified atom stereocenters. The maximum absolute atomic E-state index is 12.8. The second-order valence-electron chi connectivity index (χ2n) is 8.35. The van der Waals surface area contributed by atoms with Crippen molar-refractivity contribution in [2.75, 3.05) is 50.8 Å². The topological polar surface area (TPSA) is 112 Å². The Balaban J connectivity index is 1.35. The molecule has 9 nitrogen and oxygen atoms in total. The molecular weight excluding hydrogens is 442 g/mol. The van der Waals surface area contributed by atoms with E-state index in [1.54, 1.807) is 9.80 Å². The third-order valence-electron chi connectivity index (χ3n) is 6.26. The van der Waals surface area contributed by atoms with Crippen LogP contribution in [0.1, 0.15) is 29.6 Å². The molecule has 3 fully saturated rings. The van der Waals surface area contributed by atoms with E-state index in [1.807, 2.05) is 0 Å². The predicted molar refractivity (Wildman–Crippen MR) is 114 cm³/mol. The van der Waals surface area contributed by atoms with Crippen LogP contribution in [0.2, 0.25) is 0 Å². The standard InChI is InChI=1S/C20H27N3O6S2/c24-19(16-3-5-18(6-4-16)31(28,29)23-8-1-2-9-23)21-10-12-22(13-11-21)20(25)17-7-14-30(26,27)15-17/h3-6,17H,1-2,7-15H2. The molecule has 3 aliphatic rings. The fraction of sp³-hybridized carbons (Fsp3) is 0.600. The first-order chi connectivity index (χ1) is 14.7. The lowest BCUT2D eigenvalue weighted by Gasteiger charge is -2.36. The minimum Gasteiger partial charge on any atom is -0.339 e. The average molecular weight is 470 g/mol. The van der Waals surface area contributed by atoms with E-state index in [9.17, 15) is 26.4 Å². The number of hydrogen-bond donors (Lipinski definition) is 0. The fourth-order valence-electron chi connectivity index (χ4n) is 4.41. The lowest BCUT2D eigenvalue weighted by Crippen LogP contribution is -2.52. The summed E-state index contributed by atoms with van der Waals surface area (Å²) in [5, 5.41) is 0. The minimum absolute atomic E-state index is 0.0608. The van der Waals surface area contributed by atoms with Crippen LogP contribution in [0.15, 0.2) is 29.2 Å². The molecule has 170 valence electrons. The Hall–Kier alpha value is -1.98. The summed E-state index contributed by atoms with van der Waals surface area (Å²) < 4.78 is 50.0. The molecule has 0 N–H and O–H groups in total. The van der Waals surface area contributed by atoms with Crippen LogP contribution in [0.4, 0.5) is 0 Å². The number of carbonyl (C=O) groups excluding carboxylic acids is 2. The van der Waals surface area contributed by atoms with E-state index < -0.39 is 25.8 Å². The molecule has 0 spiro atoms. The van der Waals surface area contributed by atoms with Gasteiger partial charge in [0.2, 0.25) is 15.9 Å². The summed E-state index contributed by atoms with van der Waals surface area (Å²) in [6.07, 6.45) is 2.09. The number of hydrogen-bond acceptors (Lipinski definition) is 6. The first kappa shape index (κ1) is 22.2. The van der Waals surface area contributed by atoms with Crippen molar-refractivity contribution in [1.29, 1.82) is 0 Å². The van der Waals surface area contributed by atoms with Gasteiger partial charge in [0.1, 0.15) is 0 Å². The minimum atomic E-state index is -3.52. The normalized spacial score (nSPS) is 24.5. The third kappa shape index (κ3) is 4.63. The number of carbonyl (C=O) groups is 2. The van der Waals surface area contributed by atoms with Gasteiger partial charge in [0.15, 0.2) is 9.84 Å². The van der Waals surface area contributed by atoms with Gasteiger partial charge < -0.3 is 9.80 Å². The highest BCUT2D eigenvalue weighted by Crippen LogP contribution is 2.23. The monoisotopic (exact) mass is 469 g/mol. The van der Waals surface area contributed by atoms with Crippen molar-refractivity contribution in [3.8, 4) is 0 Å². The van der Waals surface area contributed by atoms with Crippen molar-refractivity contribution in [3.63, 3.8) is 0 Å². The summed E-state index contributed by atoms with van der Waals surface area (Å²) in [7, 11) is -6.63. The average Bonchev–Trinajstić information content (AvgIpc) is 3.43. The molecule has 1 aromatic carbocycles. The van der Waals surface area contributed by atoms with E-state index in [0.717, 1.165) is 12.8 Å². The molecule has 3 heterocycles. The Bertz CT molecular complexity index is 1050. The molecule has 1 aromatic rings. The van der Waals surface area contributed by atoms with Gasteiger partial charge in [-0.05, 0) is 43.5 Å². The molecule has 1 atom stereocenters. The maximum atomic E-state index is 12.8. The van der Waals surface area contributed by atoms with Gasteiger partial charge in [-0.2, -0.15) is 4.31 Å². The molecule has 4 rings (SSSR count). The fourth-order valence-corrected chi connectivity index (χ4v) is 7.66. The second-order valence-corrected chi connectivity index (χ2v) is 12.5. The zero-order valence-electron chi connectivity index (χ0n) is 17.3. The van der Waals surface area contributed by atoms with Gasteiger partial charge in [-0.25, -0.2) is 16.8 Å². The summed E-state index contributed by atoms with van der Waals surface area (Å²) in [4.78, 5) is 28.9. The van der Waals surface area contributed by atoms with Gasteiger partial charge in [-0.15, -0.1) is 0 Å². The van der Waals surface area contributed by atoms with Crippen LogP contribution in [0.5, 0.6) is 0 Å². The second kappa shape index (κ2) is 8.51. The highest BCUT2D eigenvalue weighted by atomic mass is 32.2. The highest BCUT2D eigenvalue weighted by Gasteiger charge is 2.36. The number of amides is 2. The molecule has 0 aromatic heterocycles. The Morgan fingerprint density at radius 1 is 0.871 bits per heavy atom. The Morgan fingerprint density at radius 3 is 2.00 bits per heavy atom. The van der Waals surface area contributed by atoms with Gasteiger partial charge in [0.25, 0.3) is 5.91 Å². The number of sulfonamides is 1. The molecule has 0 aliphatic carbocycles. The van der Waals surface area contributed by atoms with Crippen LogP contribution in [-0.2, 0) is 24.7 Å². The van der Waals surface area contributed by atoms with Gasteiger partial charge in [0.05, 0.1) is 22.3 Å². The van der Waals surface area contributed by atoms with Crippen molar-refractivity contribution < 1.29 is 26.4 Å². The molecule has 11 heteroatoms. The first-order valence-corrected chi connectivity index (χ1v) is 13.8. The number of rotatable bonds is 4. The zero-order valence-corrected chi connectivity index (χ0v) is 18.9. The lowest BCUT2D eigenvalue weighted by molar-refractivity contribution is -0.136. The smallest absolute Gasteiger partial charge is 0.253 e. The Morgan fingerprint density at radius 2 is 1.45 bits per heavy atom. The van der Waals surface area contributed by atoms with Crippen LogP contribution in [0.3, 0.4) is 0 Å². The summed E-state index contributed by atoms with van der Waals surface area (Å²) >= 11 is 0. The van der Waals surface area contributed by atoms with E-state index in [0.29, 0.717) is 51.3 Å². The number of sulfone groups is 1. The van der Waals surface area contributed by atoms with Crippen LogP contribution < -0.4 is 0 Å². The molecular formula is C20H27N3O6S2. The van der Waals surface area contributed by atoms with Crippen molar-refractivity contribution in [2.24, 2.45) is 5.92 Å². The number of piperazine rings is 1. The van der Waals surface area contributed by atoms with Crippen LogP contribution in [0.25, 0.3) is 0 Å². The van der Waals surface area contributed by atoms with Crippen molar-refractivity contribution in [1.82, 2.24) is 14.1 Å². The summed E-state index contributed by atoms with van der Waals surface area (Å²) in [6.45, 7) is 2.50.